The minimum atomic E-state index is 1.04. The summed E-state index contributed by atoms with van der Waals surface area (Å²) in [6.45, 7) is 4.16. The van der Waals surface area contributed by atoms with Gasteiger partial charge in [-0.15, -0.1) is 0 Å². The van der Waals surface area contributed by atoms with Crippen LogP contribution < -0.4 is 10.2 Å². The number of rotatable bonds is 15. The average molecular weight is 991 g/mol. The molecule has 372 valence electrons. The second-order valence-electron chi connectivity index (χ2n) is 18.8. The SMILES string of the molecule is C(=C\c1ccc(-c2c(-c3ccc(/C=C/c4ccc(N(c5ccccc5)c5ccccc5)cc4)cc3)c(-c3ccccc3)c3ccccc3c2-c2ccccc2)cc1)/c1ccccc1.C/C=C\C(=C/CC)Nc1ccccc1. The lowest BCUT2D eigenvalue weighted by Crippen LogP contribution is -2.09. The van der Waals surface area contributed by atoms with Crippen molar-refractivity contribution >= 4 is 57.8 Å². The van der Waals surface area contributed by atoms with Crippen molar-refractivity contribution in [1.82, 2.24) is 0 Å². The molecule has 0 aliphatic carbocycles. The van der Waals surface area contributed by atoms with Crippen LogP contribution in [0.1, 0.15) is 42.5 Å². The number of benzene rings is 11. The standard InChI is InChI=1S/C62H45N.C13H17N/c1-6-18-46(19-7-1)30-31-47-34-40-52(41-35-47)61-59(50-20-8-2-9-21-50)57-28-16-17-29-58(57)60(51-22-10-3-11-23-51)62(61)53-42-36-48(37-43-53)32-33-49-38-44-56(45-39-49)63(54-24-12-4-13-25-54)55-26-14-5-15-27-55;1-3-8-12(9-4-2)14-13-10-6-5-7-11-13/h1-45H;3,5-11,14H,4H2,1-2H3/b31-30+,33-32+;8-3-,12-9+. The van der Waals surface area contributed by atoms with Gasteiger partial charge in [-0.1, -0.05) is 274 Å². The van der Waals surface area contributed by atoms with Crippen LogP contribution >= 0.6 is 0 Å². The Morgan fingerprint density at radius 3 is 1.06 bits per heavy atom. The first kappa shape index (κ1) is 50.8. The molecule has 0 unspecified atom stereocenters. The van der Waals surface area contributed by atoms with Gasteiger partial charge in [-0.25, -0.2) is 0 Å². The third-order valence-electron chi connectivity index (χ3n) is 13.5. The predicted molar refractivity (Wildman–Crippen MR) is 334 cm³/mol. The molecule has 0 bridgehead atoms. The molecule has 11 aromatic carbocycles. The Hall–Kier alpha value is -9.76. The summed E-state index contributed by atoms with van der Waals surface area (Å²) in [6, 6.07) is 99.4. The fourth-order valence-electron chi connectivity index (χ4n) is 9.88. The first-order valence-corrected chi connectivity index (χ1v) is 26.6. The zero-order chi connectivity index (χ0) is 52.4. The quantitative estimate of drug-likeness (QED) is 0.0813. The number of fused-ring (bicyclic) bond motifs is 1. The van der Waals surface area contributed by atoms with E-state index in [1.165, 1.54) is 60.8 Å². The highest BCUT2D eigenvalue weighted by Crippen LogP contribution is 2.51. The van der Waals surface area contributed by atoms with Crippen molar-refractivity contribution < 1.29 is 0 Å². The Balaban J connectivity index is 0.000000419. The fraction of sp³-hybridized carbons (Fsp3) is 0.0400. The molecule has 0 radical (unpaired) electrons. The summed E-state index contributed by atoms with van der Waals surface area (Å²) < 4.78 is 0. The number of para-hydroxylation sites is 3. The Labute approximate surface area is 455 Å². The first-order valence-electron chi connectivity index (χ1n) is 26.6. The smallest absolute Gasteiger partial charge is 0.0462 e. The van der Waals surface area contributed by atoms with Crippen LogP contribution in [-0.2, 0) is 0 Å². The van der Waals surface area contributed by atoms with Crippen molar-refractivity contribution in [1.29, 1.82) is 0 Å². The minimum absolute atomic E-state index is 1.04. The van der Waals surface area contributed by atoms with Gasteiger partial charge in [0.1, 0.15) is 0 Å². The third kappa shape index (κ3) is 12.6. The molecule has 11 rings (SSSR count). The van der Waals surface area contributed by atoms with E-state index in [0.717, 1.165) is 51.6 Å². The maximum Gasteiger partial charge on any atom is 0.0462 e. The molecule has 0 aromatic heterocycles. The lowest BCUT2D eigenvalue weighted by molar-refractivity contribution is 1.20. The predicted octanol–water partition coefficient (Wildman–Crippen LogP) is 21.3. The highest BCUT2D eigenvalue weighted by Gasteiger charge is 2.24. The molecule has 1 N–H and O–H groups in total. The van der Waals surface area contributed by atoms with Crippen LogP contribution in [0.3, 0.4) is 0 Å². The lowest BCUT2D eigenvalue weighted by Gasteiger charge is -2.25. The topological polar surface area (TPSA) is 15.3 Å². The number of hydrogen-bond donors (Lipinski definition) is 1. The van der Waals surface area contributed by atoms with Gasteiger partial charge in [0, 0.05) is 28.4 Å². The van der Waals surface area contributed by atoms with Crippen molar-refractivity contribution in [2.75, 3.05) is 10.2 Å². The largest absolute Gasteiger partial charge is 0.356 e. The van der Waals surface area contributed by atoms with Gasteiger partial charge in [-0.3, -0.25) is 0 Å². The molecule has 0 aliphatic heterocycles. The van der Waals surface area contributed by atoms with Crippen LogP contribution in [0.2, 0.25) is 0 Å². The number of nitrogens with zero attached hydrogens (tertiary/aromatic N) is 1. The van der Waals surface area contributed by atoms with E-state index in [2.05, 4.69) is 314 Å². The van der Waals surface area contributed by atoms with Gasteiger partial charge in [0.25, 0.3) is 0 Å². The van der Waals surface area contributed by atoms with Crippen molar-refractivity contribution in [2.24, 2.45) is 0 Å². The summed E-state index contributed by atoms with van der Waals surface area (Å²) >= 11 is 0. The van der Waals surface area contributed by atoms with Crippen LogP contribution in [0, 0.1) is 0 Å². The van der Waals surface area contributed by atoms with E-state index in [1.807, 2.05) is 31.2 Å². The Morgan fingerprint density at radius 2 is 0.662 bits per heavy atom. The number of hydrogen-bond acceptors (Lipinski definition) is 2. The zero-order valence-corrected chi connectivity index (χ0v) is 43.8. The summed E-state index contributed by atoms with van der Waals surface area (Å²) in [7, 11) is 0. The highest BCUT2D eigenvalue weighted by atomic mass is 15.1. The van der Waals surface area contributed by atoms with Gasteiger partial charge in [-0.05, 0) is 145 Å². The molecule has 0 amide bonds. The summed E-state index contributed by atoms with van der Waals surface area (Å²) in [4.78, 5) is 2.29. The Morgan fingerprint density at radius 1 is 0.338 bits per heavy atom. The molecule has 0 aliphatic rings. The van der Waals surface area contributed by atoms with Crippen LogP contribution in [0.5, 0.6) is 0 Å². The molecule has 2 nitrogen and oxygen atoms in total. The first-order chi connectivity index (χ1) is 38.1. The summed E-state index contributed by atoms with van der Waals surface area (Å²) in [5.74, 6) is 0. The molecule has 0 atom stereocenters. The minimum Gasteiger partial charge on any atom is -0.356 e. The fourth-order valence-corrected chi connectivity index (χ4v) is 9.88. The van der Waals surface area contributed by atoms with E-state index in [0.29, 0.717) is 0 Å². The van der Waals surface area contributed by atoms with E-state index < -0.39 is 0 Å². The molecule has 2 heteroatoms. The molecule has 0 saturated carbocycles. The van der Waals surface area contributed by atoms with Crippen LogP contribution in [0.15, 0.2) is 303 Å². The van der Waals surface area contributed by atoms with Crippen molar-refractivity contribution in [3.05, 3.63) is 325 Å². The maximum atomic E-state index is 3.36. The van der Waals surface area contributed by atoms with Crippen LogP contribution in [-0.4, -0.2) is 0 Å². The highest BCUT2D eigenvalue weighted by molar-refractivity contribution is 6.18. The third-order valence-corrected chi connectivity index (χ3v) is 13.5. The molecule has 0 spiro atoms. The molecular formula is C75H62N2. The van der Waals surface area contributed by atoms with Crippen molar-refractivity contribution in [3.8, 4) is 44.5 Å². The van der Waals surface area contributed by atoms with Crippen molar-refractivity contribution in [3.63, 3.8) is 0 Å². The van der Waals surface area contributed by atoms with E-state index in [-0.39, 0.29) is 0 Å². The summed E-state index contributed by atoms with van der Waals surface area (Å²) in [5.41, 5.74) is 19.9. The Bertz CT molecular complexity index is 3690. The van der Waals surface area contributed by atoms with E-state index in [4.69, 9.17) is 0 Å². The average Bonchev–Trinajstić information content (AvgIpc) is 3.57. The van der Waals surface area contributed by atoms with E-state index in [1.54, 1.807) is 0 Å². The second kappa shape index (κ2) is 25.5. The molecule has 0 heterocycles. The van der Waals surface area contributed by atoms with Crippen molar-refractivity contribution in [2.45, 2.75) is 20.3 Å². The summed E-state index contributed by atoms with van der Waals surface area (Å²) in [6.07, 6.45) is 16.1. The van der Waals surface area contributed by atoms with Gasteiger partial charge < -0.3 is 10.2 Å². The molecule has 77 heavy (non-hydrogen) atoms. The molecular weight excluding hydrogens is 929 g/mol. The normalized spacial score (nSPS) is 11.5. The van der Waals surface area contributed by atoms with Gasteiger partial charge in [0.05, 0.1) is 0 Å². The number of nitrogens with one attached hydrogen (secondary N) is 1. The lowest BCUT2D eigenvalue weighted by atomic mass is 9.79. The zero-order valence-electron chi connectivity index (χ0n) is 43.8. The molecule has 0 saturated heterocycles. The monoisotopic (exact) mass is 990 g/mol. The Kier molecular flexibility index (Phi) is 16.8. The van der Waals surface area contributed by atoms with Gasteiger partial charge >= 0.3 is 0 Å². The van der Waals surface area contributed by atoms with Crippen LogP contribution in [0.25, 0.3) is 79.6 Å². The number of anilines is 4. The van der Waals surface area contributed by atoms with Gasteiger partial charge in [0.2, 0.25) is 0 Å². The second-order valence-corrected chi connectivity index (χ2v) is 18.8. The van der Waals surface area contributed by atoms with Gasteiger partial charge in [0.15, 0.2) is 0 Å². The summed E-state index contributed by atoms with van der Waals surface area (Å²) in [5, 5.41) is 5.82. The van der Waals surface area contributed by atoms with E-state index >= 15 is 0 Å². The van der Waals surface area contributed by atoms with Crippen LogP contribution in [0.4, 0.5) is 22.7 Å². The van der Waals surface area contributed by atoms with Gasteiger partial charge in [-0.2, -0.15) is 0 Å². The number of allylic oxidation sites excluding steroid dienone is 3. The molecule has 0 fully saturated rings. The maximum absolute atomic E-state index is 3.36. The molecule has 11 aromatic rings. The van der Waals surface area contributed by atoms with E-state index in [9.17, 15) is 0 Å².